The summed E-state index contributed by atoms with van der Waals surface area (Å²) in [6, 6.07) is 9.13. The molecule has 0 fully saturated rings. The molecule has 15 heavy (non-hydrogen) atoms. The first kappa shape index (κ1) is 9.65. The van der Waals surface area contributed by atoms with Crippen molar-refractivity contribution in [2.75, 3.05) is 0 Å². The van der Waals surface area contributed by atoms with Crippen molar-refractivity contribution >= 4 is 0 Å². The fraction of sp³-hybridized carbons (Fsp3) is 0.167. The number of pyridine rings is 2. The van der Waals surface area contributed by atoms with E-state index < -0.39 is 0 Å². The lowest BCUT2D eigenvalue weighted by atomic mass is 10.2. The number of hydrogen-bond donors (Lipinski definition) is 0. The average Bonchev–Trinajstić information content (AvgIpc) is 2.29. The summed E-state index contributed by atoms with van der Waals surface area (Å²) >= 11 is 0. The van der Waals surface area contributed by atoms with Crippen LogP contribution >= 0.6 is 0 Å². The summed E-state index contributed by atoms with van der Waals surface area (Å²) in [5, 5.41) is 0. The summed E-state index contributed by atoms with van der Waals surface area (Å²) in [7, 11) is 0. The second kappa shape index (κ2) is 4.55. The van der Waals surface area contributed by atoms with Crippen LogP contribution in [0.2, 0.25) is 0 Å². The lowest BCUT2D eigenvalue weighted by Crippen LogP contribution is -2.18. The molecule has 2 aromatic heterocycles. The van der Waals surface area contributed by atoms with E-state index in [1.807, 2.05) is 24.4 Å². The summed E-state index contributed by atoms with van der Waals surface area (Å²) in [4.78, 5) is 15.3. The van der Waals surface area contributed by atoms with Crippen molar-refractivity contribution in [2.24, 2.45) is 0 Å². The van der Waals surface area contributed by atoms with Gasteiger partial charge in [-0.05, 0) is 30.2 Å². The van der Waals surface area contributed by atoms with Crippen molar-refractivity contribution in [1.82, 2.24) is 9.55 Å². The molecule has 0 bridgehead atoms. The van der Waals surface area contributed by atoms with Crippen molar-refractivity contribution in [3.63, 3.8) is 0 Å². The second-order valence-electron chi connectivity index (χ2n) is 3.34. The summed E-state index contributed by atoms with van der Waals surface area (Å²) in [6.45, 7) is 0.712. The van der Waals surface area contributed by atoms with Gasteiger partial charge < -0.3 is 4.57 Å². The van der Waals surface area contributed by atoms with Gasteiger partial charge in [-0.2, -0.15) is 0 Å². The molecule has 76 valence electrons. The van der Waals surface area contributed by atoms with E-state index in [2.05, 4.69) is 4.98 Å². The van der Waals surface area contributed by atoms with Gasteiger partial charge >= 0.3 is 0 Å². The van der Waals surface area contributed by atoms with Crippen LogP contribution in [-0.4, -0.2) is 9.55 Å². The zero-order valence-corrected chi connectivity index (χ0v) is 8.34. The van der Waals surface area contributed by atoms with Crippen LogP contribution in [0.5, 0.6) is 0 Å². The molecular weight excluding hydrogens is 188 g/mol. The summed E-state index contributed by atoms with van der Waals surface area (Å²) in [5.41, 5.74) is 1.24. The highest BCUT2D eigenvalue weighted by Crippen LogP contribution is 1.98. The SMILES string of the molecule is O=c1ccccn1CCc1ccncc1. The molecule has 0 aliphatic heterocycles. The molecule has 2 aromatic rings. The van der Waals surface area contributed by atoms with Crippen LogP contribution in [0, 0.1) is 0 Å². The largest absolute Gasteiger partial charge is 0.315 e. The maximum absolute atomic E-state index is 11.4. The third kappa shape index (κ3) is 2.53. The predicted molar refractivity (Wildman–Crippen MR) is 58.6 cm³/mol. The predicted octanol–water partition coefficient (Wildman–Crippen LogP) is 1.49. The van der Waals surface area contributed by atoms with Gasteiger partial charge in [0.15, 0.2) is 0 Å². The molecule has 2 rings (SSSR count). The first-order valence-corrected chi connectivity index (χ1v) is 4.90. The van der Waals surface area contributed by atoms with Crippen LogP contribution in [0.25, 0.3) is 0 Å². The number of rotatable bonds is 3. The van der Waals surface area contributed by atoms with Gasteiger partial charge in [0, 0.05) is 31.2 Å². The Kier molecular flexibility index (Phi) is 2.93. The van der Waals surface area contributed by atoms with Gasteiger partial charge in [-0.3, -0.25) is 9.78 Å². The first-order chi connectivity index (χ1) is 7.36. The molecule has 0 N–H and O–H groups in total. The van der Waals surface area contributed by atoms with E-state index in [-0.39, 0.29) is 5.56 Å². The molecule has 0 saturated carbocycles. The Morgan fingerprint density at radius 3 is 2.67 bits per heavy atom. The van der Waals surface area contributed by atoms with Gasteiger partial charge in [0.2, 0.25) is 0 Å². The van der Waals surface area contributed by atoms with Gasteiger partial charge in [0.1, 0.15) is 0 Å². The van der Waals surface area contributed by atoms with Crippen LogP contribution < -0.4 is 5.56 Å². The Morgan fingerprint density at radius 2 is 1.93 bits per heavy atom. The van der Waals surface area contributed by atoms with Crippen LogP contribution in [-0.2, 0) is 13.0 Å². The zero-order chi connectivity index (χ0) is 10.5. The summed E-state index contributed by atoms with van der Waals surface area (Å²) < 4.78 is 1.71. The Hall–Kier alpha value is -1.90. The topological polar surface area (TPSA) is 34.9 Å². The quantitative estimate of drug-likeness (QED) is 0.752. The Balaban J connectivity index is 2.06. The molecule has 0 atom stereocenters. The van der Waals surface area contributed by atoms with Gasteiger partial charge in [0.05, 0.1) is 0 Å². The van der Waals surface area contributed by atoms with Gasteiger partial charge in [-0.1, -0.05) is 6.07 Å². The smallest absolute Gasteiger partial charge is 0.250 e. The highest BCUT2D eigenvalue weighted by atomic mass is 16.1. The van der Waals surface area contributed by atoms with E-state index >= 15 is 0 Å². The summed E-state index contributed by atoms with van der Waals surface area (Å²) in [6.07, 6.45) is 6.20. The highest BCUT2D eigenvalue weighted by Gasteiger charge is 1.95. The molecule has 0 saturated heterocycles. The van der Waals surface area contributed by atoms with Crippen molar-refractivity contribution in [3.8, 4) is 0 Å². The maximum atomic E-state index is 11.4. The Morgan fingerprint density at radius 1 is 1.13 bits per heavy atom. The van der Waals surface area contributed by atoms with E-state index in [9.17, 15) is 4.79 Å². The number of nitrogens with zero attached hydrogens (tertiary/aromatic N) is 2. The number of aromatic nitrogens is 2. The molecule has 0 aromatic carbocycles. The molecule has 0 aliphatic carbocycles. The minimum Gasteiger partial charge on any atom is -0.315 e. The summed E-state index contributed by atoms with van der Waals surface area (Å²) in [5.74, 6) is 0. The maximum Gasteiger partial charge on any atom is 0.250 e. The van der Waals surface area contributed by atoms with Gasteiger partial charge in [0.25, 0.3) is 5.56 Å². The Labute approximate surface area is 88.0 Å². The van der Waals surface area contributed by atoms with Crippen LogP contribution in [0.4, 0.5) is 0 Å². The highest BCUT2D eigenvalue weighted by molar-refractivity contribution is 5.09. The second-order valence-corrected chi connectivity index (χ2v) is 3.34. The minimum absolute atomic E-state index is 0.0477. The molecule has 0 aliphatic rings. The third-order valence-corrected chi connectivity index (χ3v) is 2.29. The standard InChI is InChI=1S/C12H12N2O/c15-12-3-1-2-9-14(12)10-6-11-4-7-13-8-5-11/h1-5,7-9H,6,10H2. The molecule has 3 heteroatoms. The van der Waals surface area contributed by atoms with E-state index in [0.717, 1.165) is 6.42 Å². The Bertz CT molecular complexity index is 476. The van der Waals surface area contributed by atoms with Crippen LogP contribution in [0.15, 0.2) is 53.7 Å². The fourth-order valence-corrected chi connectivity index (χ4v) is 1.44. The number of hydrogen-bond acceptors (Lipinski definition) is 2. The first-order valence-electron chi connectivity index (χ1n) is 4.90. The minimum atomic E-state index is 0.0477. The molecule has 2 heterocycles. The normalized spacial score (nSPS) is 10.1. The molecule has 0 amide bonds. The van der Waals surface area contributed by atoms with Crippen LogP contribution in [0.3, 0.4) is 0 Å². The monoisotopic (exact) mass is 200 g/mol. The zero-order valence-electron chi connectivity index (χ0n) is 8.34. The fourth-order valence-electron chi connectivity index (χ4n) is 1.44. The van der Waals surface area contributed by atoms with E-state index in [1.165, 1.54) is 5.56 Å². The number of aryl methyl sites for hydroxylation is 2. The molecule has 3 nitrogen and oxygen atoms in total. The van der Waals surface area contributed by atoms with Crippen molar-refractivity contribution in [3.05, 3.63) is 64.8 Å². The van der Waals surface area contributed by atoms with Crippen molar-refractivity contribution < 1.29 is 0 Å². The van der Waals surface area contributed by atoms with Crippen LogP contribution in [0.1, 0.15) is 5.56 Å². The van der Waals surface area contributed by atoms with E-state index in [0.29, 0.717) is 6.54 Å². The third-order valence-electron chi connectivity index (χ3n) is 2.29. The average molecular weight is 200 g/mol. The van der Waals surface area contributed by atoms with Gasteiger partial charge in [-0.15, -0.1) is 0 Å². The van der Waals surface area contributed by atoms with E-state index in [1.54, 1.807) is 29.1 Å². The van der Waals surface area contributed by atoms with Crippen molar-refractivity contribution in [2.45, 2.75) is 13.0 Å². The lowest BCUT2D eigenvalue weighted by molar-refractivity contribution is 0.669. The van der Waals surface area contributed by atoms with E-state index in [4.69, 9.17) is 0 Å². The molecular formula is C12H12N2O. The molecule has 0 radical (unpaired) electrons. The molecule has 0 spiro atoms. The van der Waals surface area contributed by atoms with Crippen molar-refractivity contribution in [1.29, 1.82) is 0 Å². The van der Waals surface area contributed by atoms with Gasteiger partial charge in [-0.25, -0.2) is 0 Å². The molecule has 0 unspecified atom stereocenters. The lowest BCUT2D eigenvalue weighted by Gasteiger charge is -2.04.